The van der Waals surface area contributed by atoms with E-state index >= 15 is 0 Å². The number of nitrogens with zero attached hydrogens (tertiary/aromatic N) is 1. The van der Waals surface area contributed by atoms with Gasteiger partial charge in [-0.05, 0) is 31.0 Å². The average molecular weight is 295 g/mol. The lowest BCUT2D eigenvalue weighted by Crippen LogP contribution is -2.41. The molecule has 4 nitrogen and oxygen atoms in total. The van der Waals surface area contributed by atoms with Gasteiger partial charge in [-0.15, -0.1) is 0 Å². The van der Waals surface area contributed by atoms with Crippen molar-refractivity contribution in [1.82, 2.24) is 5.32 Å². The van der Waals surface area contributed by atoms with Gasteiger partial charge in [0, 0.05) is 36.6 Å². The molecule has 0 spiro atoms. The van der Waals surface area contributed by atoms with Crippen molar-refractivity contribution >= 4 is 29.1 Å². The zero-order valence-corrected chi connectivity index (χ0v) is 12.3. The Bertz CT molecular complexity index is 500. The molecule has 1 saturated carbocycles. The molecule has 2 rings (SSSR count). The first-order chi connectivity index (χ1) is 9.58. The Kier molecular flexibility index (Phi) is 5.01. The first kappa shape index (κ1) is 14.9. The van der Waals surface area contributed by atoms with E-state index in [-0.39, 0.29) is 17.7 Å². The standard InChI is InChI=1S/C15H19ClN2O2/c1-11(19)18(14-7-3-6-13(16)10-14)9-8-17-15(20)12-4-2-5-12/h3,6-7,10,12H,2,4-5,8-9H2,1H3,(H,17,20). The van der Waals surface area contributed by atoms with Crippen molar-refractivity contribution in [2.75, 3.05) is 18.0 Å². The number of carbonyl (C=O) groups excluding carboxylic acids is 2. The van der Waals surface area contributed by atoms with E-state index in [2.05, 4.69) is 5.32 Å². The van der Waals surface area contributed by atoms with Crippen LogP contribution in [0.1, 0.15) is 26.2 Å². The first-order valence-electron chi connectivity index (χ1n) is 6.89. The fourth-order valence-electron chi connectivity index (χ4n) is 2.22. The maximum absolute atomic E-state index is 11.7. The maximum Gasteiger partial charge on any atom is 0.223 e. The summed E-state index contributed by atoms with van der Waals surface area (Å²) in [6.45, 7) is 2.42. The normalized spacial score (nSPS) is 14.5. The molecule has 0 heterocycles. The van der Waals surface area contributed by atoms with Gasteiger partial charge >= 0.3 is 0 Å². The van der Waals surface area contributed by atoms with Crippen LogP contribution in [0.25, 0.3) is 0 Å². The van der Waals surface area contributed by atoms with E-state index in [0.29, 0.717) is 18.1 Å². The van der Waals surface area contributed by atoms with Gasteiger partial charge in [0.2, 0.25) is 11.8 Å². The number of rotatable bonds is 5. The Balaban J connectivity index is 1.89. The van der Waals surface area contributed by atoms with Gasteiger partial charge in [-0.3, -0.25) is 9.59 Å². The van der Waals surface area contributed by atoms with Gasteiger partial charge in [0.25, 0.3) is 0 Å². The number of hydrogen-bond acceptors (Lipinski definition) is 2. The highest BCUT2D eigenvalue weighted by atomic mass is 35.5. The minimum Gasteiger partial charge on any atom is -0.354 e. The third-order valence-corrected chi connectivity index (χ3v) is 3.85. The Morgan fingerprint density at radius 3 is 2.70 bits per heavy atom. The number of hydrogen-bond donors (Lipinski definition) is 1. The lowest BCUT2D eigenvalue weighted by Gasteiger charge is -2.25. The van der Waals surface area contributed by atoms with Gasteiger partial charge in [0.1, 0.15) is 0 Å². The molecule has 0 radical (unpaired) electrons. The van der Waals surface area contributed by atoms with Gasteiger partial charge in [-0.2, -0.15) is 0 Å². The Morgan fingerprint density at radius 1 is 1.40 bits per heavy atom. The van der Waals surface area contributed by atoms with Crippen molar-refractivity contribution in [1.29, 1.82) is 0 Å². The lowest BCUT2D eigenvalue weighted by atomic mass is 9.85. The summed E-state index contributed by atoms with van der Waals surface area (Å²) in [6, 6.07) is 7.15. The highest BCUT2D eigenvalue weighted by Gasteiger charge is 2.24. The maximum atomic E-state index is 11.7. The molecule has 0 aliphatic heterocycles. The van der Waals surface area contributed by atoms with Crippen LogP contribution in [-0.4, -0.2) is 24.9 Å². The molecule has 0 bridgehead atoms. The zero-order valence-electron chi connectivity index (χ0n) is 11.6. The van der Waals surface area contributed by atoms with Gasteiger partial charge in [-0.25, -0.2) is 0 Å². The summed E-state index contributed by atoms with van der Waals surface area (Å²) in [6.07, 6.45) is 3.10. The van der Waals surface area contributed by atoms with Crippen molar-refractivity contribution in [3.63, 3.8) is 0 Å². The number of benzene rings is 1. The van der Waals surface area contributed by atoms with E-state index in [4.69, 9.17) is 11.6 Å². The smallest absolute Gasteiger partial charge is 0.223 e. The number of halogens is 1. The fraction of sp³-hybridized carbons (Fsp3) is 0.467. The van der Waals surface area contributed by atoms with Crippen LogP contribution in [-0.2, 0) is 9.59 Å². The summed E-state index contributed by atoms with van der Waals surface area (Å²) in [5, 5.41) is 3.48. The molecule has 0 aromatic heterocycles. The molecule has 1 aromatic carbocycles. The van der Waals surface area contributed by atoms with Crippen molar-refractivity contribution in [3.05, 3.63) is 29.3 Å². The van der Waals surface area contributed by atoms with Crippen LogP contribution in [0.5, 0.6) is 0 Å². The van der Waals surface area contributed by atoms with Crippen LogP contribution >= 0.6 is 11.6 Å². The molecule has 108 valence electrons. The molecule has 20 heavy (non-hydrogen) atoms. The Morgan fingerprint density at radius 2 is 2.15 bits per heavy atom. The monoisotopic (exact) mass is 294 g/mol. The van der Waals surface area contributed by atoms with Crippen molar-refractivity contribution in [2.24, 2.45) is 5.92 Å². The molecule has 1 aromatic rings. The molecule has 1 aliphatic carbocycles. The minimum atomic E-state index is -0.0647. The van der Waals surface area contributed by atoms with Crippen LogP contribution in [0, 0.1) is 5.92 Å². The highest BCUT2D eigenvalue weighted by molar-refractivity contribution is 6.30. The zero-order chi connectivity index (χ0) is 14.5. The summed E-state index contributed by atoms with van der Waals surface area (Å²) < 4.78 is 0. The van der Waals surface area contributed by atoms with Gasteiger partial charge in [0.15, 0.2) is 0 Å². The molecular formula is C15H19ClN2O2. The summed E-state index contributed by atoms with van der Waals surface area (Å²) in [7, 11) is 0. The van der Waals surface area contributed by atoms with Gasteiger partial charge in [-0.1, -0.05) is 24.1 Å². The third kappa shape index (κ3) is 3.73. The number of nitrogens with one attached hydrogen (secondary N) is 1. The van der Waals surface area contributed by atoms with Crippen LogP contribution in [0.4, 0.5) is 5.69 Å². The fourth-order valence-corrected chi connectivity index (χ4v) is 2.40. The van der Waals surface area contributed by atoms with Crippen LogP contribution in [0.15, 0.2) is 24.3 Å². The van der Waals surface area contributed by atoms with Crippen molar-refractivity contribution in [2.45, 2.75) is 26.2 Å². The predicted octanol–water partition coefficient (Wildman–Crippen LogP) is 2.61. The van der Waals surface area contributed by atoms with Crippen LogP contribution in [0.3, 0.4) is 0 Å². The van der Waals surface area contributed by atoms with E-state index < -0.39 is 0 Å². The van der Waals surface area contributed by atoms with Crippen LogP contribution in [0.2, 0.25) is 5.02 Å². The third-order valence-electron chi connectivity index (χ3n) is 3.61. The molecule has 1 N–H and O–H groups in total. The second-order valence-corrected chi connectivity index (χ2v) is 5.51. The first-order valence-corrected chi connectivity index (χ1v) is 7.27. The molecule has 0 saturated heterocycles. The van der Waals surface area contributed by atoms with Gasteiger partial charge in [0.05, 0.1) is 0 Å². The summed E-state index contributed by atoms with van der Waals surface area (Å²) >= 11 is 5.94. The molecule has 1 aliphatic rings. The van der Waals surface area contributed by atoms with Gasteiger partial charge < -0.3 is 10.2 Å². The number of amides is 2. The molecule has 0 unspecified atom stereocenters. The van der Waals surface area contributed by atoms with E-state index in [0.717, 1.165) is 24.9 Å². The molecule has 2 amide bonds. The summed E-state index contributed by atoms with van der Waals surface area (Å²) in [5.74, 6) is 0.211. The predicted molar refractivity (Wildman–Crippen MR) is 79.8 cm³/mol. The summed E-state index contributed by atoms with van der Waals surface area (Å²) in [5.41, 5.74) is 0.753. The lowest BCUT2D eigenvalue weighted by molar-refractivity contribution is -0.127. The molecular weight excluding hydrogens is 276 g/mol. The molecule has 1 fully saturated rings. The van der Waals surface area contributed by atoms with Crippen LogP contribution < -0.4 is 10.2 Å². The van der Waals surface area contributed by atoms with E-state index in [9.17, 15) is 9.59 Å². The summed E-state index contributed by atoms with van der Waals surface area (Å²) in [4.78, 5) is 25.1. The molecule has 0 atom stereocenters. The second-order valence-electron chi connectivity index (χ2n) is 5.07. The topological polar surface area (TPSA) is 49.4 Å². The van der Waals surface area contributed by atoms with Crippen molar-refractivity contribution < 1.29 is 9.59 Å². The number of anilines is 1. The van der Waals surface area contributed by atoms with E-state index in [1.807, 2.05) is 6.07 Å². The average Bonchev–Trinajstić information content (AvgIpc) is 2.32. The number of carbonyl (C=O) groups is 2. The Hall–Kier alpha value is -1.55. The second kappa shape index (κ2) is 6.75. The SMILES string of the molecule is CC(=O)N(CCNC(=O)C1CCC1)c1cccc(Cl)c1. The minimum absolute atomic E-state index is 0.0647. The Labute approximate surface area is 124 Å². The highest BCUT2D eigenvalue weighted by Crippen LogP contribution is 2.26. The van der Waals surface area contributed by atoms with E-state index in [1.54, 1.807) is 23.1 Å². The quantitative estimate of drug-likeness (QED) is 0.907. The van der Waals surface area contributed by atoms with Crippen molar-refractivity contribution in [3.8, 4) is 0 Å². The molecule has 5 heteroatoms. The largest absolute Gasteiger partial charge is 0.354 e. The van der Waals surface area contributed by atoms with E-state index in [1.165, 1.54) is 6.92 Å².